The molecule has 0 amide bonds. The van der Waals surface area contributed by atoms with Gasteiger partial charge in [-0.05, 0) is 89.0 Å². The van der Waals surface area contributed by atoms with Gasteiger partial charge in [-0.3, -0.25) is 4.79 Å². The van der Waals surface area contributed by atoms with Gasteiger partial charge in [0.15, 0.2) is 0 Å². The van der Waals surface area contributed by atoms with Gasteiger partial charge in [-0.2, -0.15) is 0 Å². The van der Waals surface area contributed by atoms with E-state index in [4.69, 9.17) is 4.74 Å². The van der Waals surface area contributed by atoms with Crippen molar-refractivity contribution in [1.82, 2.24) is 9.80 Å². The maximum Gasteiger partial charge on any atom is 0.311 e. The van der Waals surface area contributed by atoms with Crippen molar-refractivity contribution in [2.24, 2.45) is 17.3 Å². The summed E-state index contributed by atoms with van der Waals surface area (Å²) < 4.78 is 5.95. The Balaban J connectivity index is 1.24. The smallest absolute Gasteiger partial charge is 0.311 e. The summed E-state index contributed by atoms with van der Waals surface area (Å²) in [7, 11) is 0. The number of allylic oxidation sites excluding steroid dienone is 3. The average molecular weight is 399 g/mol. The number of ether oxygens (including phenoxy) is 1. The highest BCUT2D eigenvalue weighted by molar-refractivity contribution is 5.76. The molecule has 0 N–H and O–H groups in total. The topological polar surface area (TPSA) is 32.8 Å². The summed E-state index contributed by atoms with van der Waals surface area (Å²) in [5.74, 6) is 0.351. The number of fused-ring (bicyclic) bond motifs is 2. The summed E-state index contributed by atoms with van der Waals surface area (Å²) in [4.78, 5) is 18.1. The quantitative estimate of drug-likeness (QED) is 0.668. The monoisotopic (exact) mass is 398 g/mol. The van der Waals surface area contributed by atoms with Crippen LogP contribution in [-0.4, -0.2) is 60.6 Å². The Kier molecular flexibility index (Phi) is 5.36. The first-order chi connectivity index (χ1) is 14.0. The molecule has 0 spiro atoms. The number of esters is 1. The van der Waals surface area contributed by atoms with Crippen LogP contribution in [0.2, 0.25) is 0 Å². The molecule has 0 bridgehead atoms. The summed E-state index contributed by atoms with van der Waals surface area (Å²) in [5.41, 5.74) is 3.12. The minimum Gasteiger partial charge on any atom is -0.461 e. The van der Waals surface area contributed by atoms with Gasteiger partial charge in [-0.15, -0.1) is 0 Å². The zero-order valence-corrected chi connectivity index (χ0v) is 18.4. The Morgan fingerprint density at radius 2 is 1.90 bits per heavy atom. The SMILES string of the molecule is CC1=CCC[C@]2(C)C[C@H]3OC(=O)C(CN4CCC(N5CCCCC5)CC4)[C@H]3C=C12. The molecular weight excluding hydrogens is 360 g/mol. The van der Waals surface area contributed by atoms with Gasteiger partial charge >= 0.3 is 5.97 Å². The van der Waals surface area contributed by atoms with Gasteiger partial charge in [0.1, 0.15) is 6.10 Å². The Morgan fingerprint density at radius 3 is 2.66 bits per heavy atom. The fourth-order valence-corrected chi connectivity index (χ4v) is 6.87. The summed E-state index contributed by atoms with van der Waals surface area (Å²) in [5, 5.41) is 0. The molecule has 29 heavy (non-hydrogen) atoms. The molecule has 4 atom stereocenters. The van der Waals surface area contributed by atoms with Gasteiger partial charge in [-0.1, -0.05) is 31.1 Å². The maximum atomic E-state index is 12.8. The van der Waals surface area contributed by atoms with E-state index in [1.807, 2.05) is 0 Å². The zero-order chi connectivity index (χ0) is 20.0. The molecule has 0 aromatic carbocycles. The van der Waals surface area contributed by atoms with Gasteiger partial charge in [0, 0.05) is 18.5 Å². The molecule has 3 aliphatic heterocycles. The van der Waals surface area contributed by atoms with Crippen LogP contribution in [0.25, 0.3) is 0 Å². The number of rotatable bonds is 3. The van der Waals surface area contributed by atoms with Gasteiger partial charge in [0.05, 0.1) is 5.92 Å². The van der Waals surface area contributed by atoms with Crippen LogP contribution in [0.5, 0.6) is 0 Å². The summed E-state index contributed by atoms with van der Waals surface area (Å²) in [6.45, 7) is 10.4. The van der Waals surface area contributed by atoms with Crippen molar-refractivity contribution in [3.63, 3.8) is 0 Å². The van der Waals surface area contributed by atoms with E-state index in [1.54, 1.807) is 0 Å². The number of carbonyl (C=O) groups is 1. The molecular formula is C25H38N2O2. The van der Waals surface area contributed by atoms with E-state index in [0.717, 1.165) is 38.5 Å². The van der Waals surface area contributed by atoms with E-state index in [-0.39, 0.29) is 29.3 Å². The first kappa shape index (κ1) is 19.8. The second kappa shape index (κ2) is 7.85. The van der Waals surface area contributed by atoms with Gasteiger partial charge < -0.3 is 14.5 Å². The third-order valence-corrected chi connectivity index (χ3v) is 8.62. The first-order valence-electron chi connectivity index (χ1n) is 12.1. The third-order valence-electron chi connectivity index (χ3n) is 8.62. The molecule has 0 aromatic heterocycles. The Bertz CT molecular complexity index is 700. The lowest BCUT2D eigenvalue weighted by atomic mass is 9.62. The van der Waals surface area contributed by atoms with Crippen molar-refractivity contribution in [3.8, 4) is 0 Å². The van der Waals surface area contributed by atoms with Gasteiger partial charge in [-0.25, -0.2) is 0 Å². The van der Waals surface area contributed by atoms with Crippen LogP contribution in [-0.2, 0) is 9.53 Å². The fourth-order valence-electron chi connectivity index (χ4n) is 6.87. The predicted octanol–water partition coefficient (Wildman–Crippen LogP) is 4.17. The number of nitrogens with zero attached hydrogens (tertiary/aromatic N) is 2. The Labute approximate surface area is 176 Å². The van der Waals surface area contributed by atoms with Crippen molar-refractivity contribution >= 4 is 5.97 Å². The molecule has 5 rings (SSSR count). The van der Waals surface area contributed by atoms with Crippen molar-refractivity contribution in [1.29, 1.82) is 0 Å². The molecule has 2 aliphatic carbocycles. The van der Waals surface area contributed by atoms with E-state index < -0.39 is 0 Å². The maximum absolute atomic E-state index is 12.8. The first-order valence-corrected chi connectivity index (χ1v) is 12.1. The van der Waals surface area contributed by atoms with E-state index in [9.17, 15) is 4.79 Å². The highest BCUT2D eigenvalue weighted by atomic mass is 16.6. The fraction of sp³-hybridized carbons (Fsp3) is 0.800. The predicted molar refractivity (Wildman–Crippen MR) is 116 cm³/mol. The van der Waals surface area contributed by atoms with Crippen LogP contribution in [0.4, 0.5) is 0 Å². The zero-order valence-electron chi connectivity index (χ0n) is 18.4. The minimum atomic E-state index is 0.0262. The molecule has 0 saturated carbocycles. The minimum absolute atomic E-state index is 0.0262. The van der Waals surface area contributed by atoms with Gasteiger partial charge in [0.25, 0.3) is 0 Å². The number of hydrogen-bond donors (Lipinski definition) is 0. The van der Waals surface area contributed by atoms with Crippen LogP contribution in [0.15, 0.2) is 23.3 Å². The molecule has 3 fully saturated rings. The van der Waals surface area contributed by atoms with E-state index in [0.29, 0.717) is 0 Å². The van der Waals surface area contributed by atoms with Crippen LogP contribution in [0, 0.1) is 17.3 Å². The van der Waals surface area contributed by atoms with Crippen LogP contribution >= 0.6 is 0 Å². The third kappa shape index (κ3) is 3.72. The van der Waals surface area contributed by atoms with Crippen molar-refractivity contribution in [3.05, 3.63) is 23.3 Å². The van der Waals surface area contributed by atoms with Crippen LogP contribution in [0.1, 0.15) is 65.2 Å². The standard InChI is InChI=1S/C25H38N2O2/c1-18-7-6-10-25(2)16-23-20(15-22(18)25)21(24(28)29-23)17-26-13-8-19(9-14-26)27-11-4-3-5-12-27/h7,15,19-21,23H,3-6,8-14,16-17H2,1-2H3/t20-,21?,23-,25-/m1/s1. The molecule has 3 saturated heterocycles. The van der Waals surface area contributed by atoms with E-state index in [1.165, 1.54) is 62.8 Å². The molecule has 4 nitrogen and oxygen atoms in total. The molecule has 4 heteroatoms. The molecule has 1 unspecified atom stereocenters. The molecule has 3 heterocycles. The van der Waals surface area contributed by atoms with E-state index >= 15 is 0 Å². The molecule has 0 radical (unpaired) electrons. The highest BCUT2D eigenvalue weighted by Crippen LogP contribution is 2.52. The van der Waals surface area contributed by atoms with Gasteiger partial charge in [0.2, 0.25) is 0 Å². The summed E-state index contributed by atoms with van der Waals surface area (Å²) >= 11 is 0. The summed E-state index contributed by atoms with van der Waals surface area (Å²) in [6, 6.07) is 0.766. The lowest BCUT2D eigenvalue weighted by Crippen LogP contribution is -2.48. The Hall–Kier alpha value is -1.13. The van der Waals surface area contributed by atoms with Crippen LogP contribution < -0.4 is 0 Å². The largest absolute Gasteiger partial charge is 0.461 e. The van der Waals surface area contributed by atoms with Crippen LogP contribution in [0.3, 0.4) is 0 Å². The average Bonchev–Trinajstić information content (AvgIpc) is 3.01. The normalized spacial score (nSPS) is 39.4. The highest BCUT2D eigenvalue weighted by Gasteiger charge is 2.51. The molecule has 0 aromatic rings. The lowest BCUT2D eigenvalue weighted by molar-refractivity contribution is -0.145. The second-order valence-electron chi connectivity index (χ2n) is 10.6. The number of carbonyl (C=O) groups excluding carboxylic acids is 1. The van der Waals surface area contributed by atoms with Crippen molar-refractivity contribution in [2.75, 3.05) is 32.7 Å². The lowest BCUT2D eigenvalue weighted by Gasteiger charge is -2.43. The molecule has 160 valence electrons. The van der Waals surface area contributed by atoms with Crippen molar-refractivity contribution < 1.29 is 9.53 Å². The second-order valence-corrected chi connectivity index (χ2v) is 10.6. The van der Waals surface area contributed by atoms with E-state index in [2.05, 4.69) is 35.8 Å². The number of piperidine rings is 2. The number of likely N-dealkylation sites (tertiary alicyclic amines) is 2. The summed E-state index contributed by atoms with van der Waals surface area (Å²) in [6.07, 6.45) is 14.9. The molecule has 5 aliphatic rings. The number of hydrogen-bond acceptors (Lipinski definition) is 4. The Morgan fingerprint density at radius 1 is 1.14 bits per heavy atom. The van der Waals surface area contributed by atoms with Crippen molar-refractivity contribution in [2.45, 2.75) is 77.4 Å².